The molecule has 0 saturated carbocycles. The molecule has 0 aliphatic carbocycles. The SMILES string of the molecule is CCN1CCN(C(=O)c2cc3c(Br)cccc3o2)CC1. The molecule has 1 saturated heterocycles. The van der Waals surface area contributed by atoms with E-state index in [9.17, 15) is 4.79 Å². The Kier molecular flexibility index (Phi) is 3.81. The third-order valence-corrected chi connectivity index (χ3v) is 4.52. The minimum Gasteiger partial charge on any atom is -0.451 e. The molecule has 3 rings (SSSR count). The molecule has 1 fully saturated rings. The van der Waals surface area contributed by atoms with Crippen LogP contribution in [0.15, 0.2) is 33.2 Å². The summed E-state index contributed by atoms with van der Waals surface area (Å²) in [6.07, 6.45) is 0. The van der Waals surface area contributed by atoms with Crippen molar-refractivity contribution in [2.45, 2.75) is 6.92 Å². The van der Waals surface area contributed by atoms with Gasteiger partial charge in [0.15, 0.2) is 5.76 Å². The molecule has 2 aromatic rings. The molecule has 1 aromatic heterocycles. The number of likely N-dealkylation sites (N-methyl/N-ethyl adjacent to an activating group) is 1. The van der Waals surface area contributed by atoms with Gasteiger partial charge in [0.1, 0.15) is 5.58 Å². The first kappa shape index (κ1) is 13.6. The number of fused-ring (bicyclic) bond motifs is 1. The van der Waals surface area contributed by atoms with Gasteiger partial charge in [0.2, 0.25) is 0 Å². The fourth-order valence-corrected chi connectivity index (χ4v) is 3.02. The Morgan fingerprint density at radius 1 is 1.30 bits per heavy atom. The van der Waals surface area contributed by atoms with Gasteiger partial charge in [-0.1, -0.05) is 28.9 Å². The number of piperazine rings is 1. The quantitative estimate of drug-likeness (QED) is 0.845. The summed E-state index contributed by atoms with van der Waals surface area (Å²) in [5.74, 6) is 0.417. The maximum Gasteiger partial charge on any atom is 0.289 e. The van der Waals surface area contributed by atoms with E-state index in [1.807, 2.05) is 29.2 Å². The minimum absolute atomic E-state index is 0.0103. The predicted molar refractivity (Wildman–Crippen MR) is 81.9 cm³/mol. The lowest BCUT2D eigenvalue weighted by molar-refractivity contribution is 0.0614. The van der Waals surface area contributed by atoms with Crippen molar-refractivity contribution in [3.05, 3.63) is 34.5 Å². The van der Waals surface area contributed by atoms with E-state index in [2.05, 4.69) is 27.8 Å². The van der Waals surface area contributed by atoms with Gasteiger partial charge in [-0.05, 0) is 24.7 Å². The molecule has 4 nitrogen and oxygen atoms in total. The Balaban J connectivity index is 1.81. The maximum atomic E-state index is 12.5. The molecular formula is C15H17BrN2O2. The number of carbonyl (C=O) groups is 1. The Bertz CT molecular complexity index is 630. The zero-order chi connectivity index (χ0) is 14.1. The number of amides is 1. The van der Waals surface area contributed by atoms with Gasteiger partial charge in [0, 0.05) is 36.0 Å². The van der Waals surface area contributed by atoms with Gasteiger partial charge in [-0.3, -0.25) is 4.79 Å². The summed E-state index contributed by atoms with van der Waals surface area (Å²) < 4.78 is 6.63. The topological polar surface area (TPSA) is 36.7 Å². The number of rotatable bonds is 2. The molecule has 0 N–H and O–H groups in total. The lowest BCUT2D eigenvalue weighted by Gasteiger charge is -2.33. The molecule has 0 unspecified atom stereocenters. The van der Waals surface area contributed by atoms with Crippen LogP contribution in [0.3, 0.4) is 0 Å². The zero-order valence-corrected chi connectivity index (χ0v) is 13.0. The highest BCUT2D eigenvalue weighted by Crippen LogP contribution is 2.27. The van der Waals surface area contributed by atoms with Crippen molar-refractivity contribution in [1.82, 2.24) is 9.80 Å². The van der Waals surface area contributed by atoms with Gasteiger partial charge in [-0.15, -0.1) is 0 Å². The standard InChI is InChI=1S/C15H17BrN2O2/c1-2-17-6-8-18(9-7-17)15(19)14-10-11-12(16)4-3-5-13(11)20-14/h3-5,10H,2,6-9H2,1H3. The lowest BCUT2D eigenvalue weighted by Crippen LogP contribution is -2.48. The molecule has 20 heavy (non-hydrogen) atoms. The van der Waals surface area contributed by atoms with Crippen LogP contribution in [0, 0.1) is 0 Å². The second kappa shape index (κ2) is 5.58. The van der Waals surface area contributed by atoms with Gasteiger partial charge in [-0.25, -0.2) is 0 Å². The number of hydrogen-bond donors (Lipinski definition) is 0. The average molecular weight is 337 g/mol. The molecule has 1 aliphatic rings. The molecule has 1 aromatic carbocycles. The first-order valence-corrected chi connectivity index (χ1v) is 7.68. The van der Waals surface area contributed by atoms with Crippen molar-refractivity contribution in [1.29, 1.82) is 0 Å². The van der Waals surface area contributed by atoms with Crippen molar-refractivity contribution < 1.29 is 9.21 Å². The summed E-state index contributed by atoms with van der Waals surface area (Å²) in [5, 5.41) is 0.947. The van der Waals surface area contributed by atoms with E-state index in [4.69, 9.17) is 4.42 Å². The monoisotopic (exact) mass is 336 g/mol. The summed E-state index contributed by atoms with van der Waals surface area (Å²) in [4.78, 5) is 16.7. The van der Waals surface area contributed by atoms with E-state index < -0.39 is 0 Å². The summed E-state index contributed by atoms with van der Waals surface area (Å²) in [6.45, 7) is 6.60. The van der Waals surface area contributed by atoms with Crippen LogP contribution in [-0.2, 0) is 0 Å². The molecule has 0 bridgehead atoms. The van der Waals surface area contributed by atoms with E-state index in [1.54, 1.807) is 0 Å². The van der Waals surface area contributed by atoms with Gasteiger partial charge >= 0.3 is 0 Å². The van der Waals surface area contributed by atoms with Crippen molar-refractivity contribution in [3.8, 4) is 0 Å². The van der Waals surface area contributed by atoms with Crippen LogP contribution in [0.1, 0.15) is 17.5 Å². The summed E-state index contributed by atoms with van der Waals surface area (Å²) in [6, 6.07) is 7.57. The molecule has 106 valence electrons. The lowest BCUT2D eigenvalue weighted by atomic mass is 10.2. The van der Waals surface area contributed by atoms with Crippen molar-refractivity contribution in [3.63, 3.8) is 0 Å². The Hall–Kier alpha value is -1.33. The van der Waals surface area contributed by atoms with Crippen LogP contribution in [0.25, 0.3) is 11.0 Å². The number of furan rings is 1. The summed E-state index contributed by atoms with van der Waals surface area (Å²) in [5.41, 5.74) is 0.745. The molecule has 1 amide bonds. The number of nitrogens with zero attached hydrogens (tertiary/aromatic N) is 2. The predicted octanol–water partition coefficient (Wildman–Crippen LogP) is 2.97. The van der Waals surface area contributed by atoms with Crippen LogP contribution >= 0.6 is 15.9 Å². The van der Waals surface area contributed by atoms with Crippen LogP contribution in [0.2, 0.25) is 0 Å². The van der Waals surface area contributed by atoms with Gasteiger partial charge < -0.3 is 14.2 Å². The van der Waals surface area contributed by atoms with Crippen molar-refractivity contribution >= 4 is 32.8 Å². The van der Waals surface area contributed by atoms with Crippen LogP contribution in [0.5, 0.6) is 0 Å². The molecule has 5 heteroatoms. The van der Waals surface area contributed by atoms with E-state index >= 15 is 0 Å². The number of carbonyl (C=O) groups excluding carboxylic acids is 1. The number of halogens is 1. The van der Waals surface area contributed by atoms with Gasteiger partial charge in [0.05, 0.1) is 0 Å². The van der Waals surface area contributed by atoms with Crippen molar-refractivity contribution in [2.24, 2.45) is 0 Å². The maximum absolute atomic E-state index is 12.5. The van der Waals surface area contributed by atoms with E-state index in [-0.39, 0.29) is 5.91 Å². The fourth-order valence-electron chi connectivity index (χ4n) is 2.55. The van der Waals surface area contributed by atoms with Crippen LogP contribution in [0.4, 0.5) is 0 Å². The van der Waals surface area contributed by atoms with E-state index in [1.165, 1.54) is 0 Å². The first-order valence-electron chi connectivity index (χ1n) is 6.88. The largest absolute Gasteiger partial charge is 0.451 e. The van der Waals surface area contributed by atoms with Crippen molar-refractivity contribution in [2.75, 3.05) is 32.7 Å². The normalized spacial score (nSPS) is 16.8. The average Bonchev–Trinajstić information content (AvgIpc) is 2.92. The molecule has 0 spiro atoms. The molecule has 2 heterocycles. The highest BCUT2D eigenvalue weighted by molar-refractivity contribution is 9.10. The van der Waals surface area contributed by atoms with Gasteiger partial charge in [0.25, 0.3) is 5.91 Å². The first-order chi connectivity index (χ1) is 9.69. The third kappa shape index (κ3) is 2.47. The minimum atomic E-state index is -0.0103. The highest BCUT2D eigenvalue weighted by atomic mass is 79.9. The third-order valence-electron chi connectivity index (χ3n) is 3.83. The van der Waals surface area contributed by atoms with Crippen LogP contribution < -0.4 is 0 Å². The number of benzene rings is 1. The summed E-state index contributed by atoms with van der Waals surface area (Å²) >= 11 is 3.48. The smallest absolute Gasteiger partial charge is 0.289 e. The molecular weight excluding hydrogens is 320 g/mol. The Morgan fingerprint density at radius 3 is 2.70 bits per heavy atom. The van der Waals surface area contributed by atoms with E-state index in [0.717, 1.165) is 48.2 Å². The Labute approximate surface area is 126 Å². The Morgan fingerprint density at radius 2 is 2.05 bits per heavy atom. The second-order valence-electron chi connectivity index (χ2n) is 4.99. The van der Waals surface area contributed by atoms with E-state index in [0.29, 0.717) is 5.76 Å². The van der Waals surface area contributed by atoms with Gasteiger partial charge in [-0.2, -0.15) is 0 Å². The summed E-state index contributed by atoms with van der Waals surface area (Å²) in [7, 11) is 0. The molecule has 0 atom stereocenters. The second-order valence-corrected chi connectivity index (χ2v) is 5.84. The zero-order valence-electron chi connectivity index (χ0n) is 11.4. The number of hydrogen-bond acceptors (Lipinski definition) is 3. The molecule has 1 aliphatic heterocycles. The van der Waals surface area contributed by atoms with Crippen LogP contribution in [-0.4, -0.2) is 48.4 Å². The molecule has 0 radical (unpaired) electrons. The fraction of sp³-hybridized carbons (Fsp3) is 0.400. The highest BCUT2D eigenvalue weighted by Gasteiger charge is 2.24.